The summed E-state index contributed by atoms with van der Waals surface area (Å²) in [7, 11) is -3.19. The normalized spacial score (nSPS) is 24.0. The Morgan fingerprint density at radius 2 is 1.97 bits per heavy atom. The first-order chi connectivity index (χ1) is 14.4. The van der Waals surface area contributed by atoms with E-state index in [2.05, 4.69) is 11.4 Å². The van der Waals surface area contributed by atoms with Gasteiger partial charge in [0.1, 0.15) is 11.4 Å². The number of hydrogen-bond donors (Lipinski definition) is 1. The maximum absolute atomic E-state index is 12.6. The molecule has 1 amide bonds. The van der Waals surface area contributed by atoms with Crippen molar-refractivity contribution in [3.8, 4) is 5.75 Å². The van der Waals surface area contributed by atoms with Crippen molar-refractivity contribution in [2.75, 3.05) is 18.8 Å². The summed E-state index contributed by atoms with van der Waals surface area (Å²) in [5.74, 6) is 1.31. The van der Waals surface area contributed by atoms with Gasteiger partial charge in [-0.25, -0.2) is 12.7 Å². The standard InChI is InChI=1S/C23H34N2O4S/c1-2-3-15-30(27,28)25-13-11-23(12-14-25)17-18(16-22(26)24-19-7-6-8-19)20-9-4-5-10-21(20)29-23/h4-5,9-10,18-19H,2-3,6-8,11-17H2,1H3,(H,24,26)/t18-/m0/s1. The third-order valence-corrected chi connectivity index (χ3v) is 8.95. The van der Waals surface area contributed by atoms with Crippen LogP contribution in [0.25, 0.3) is 0 Å². The van der Waals surface area contributed by atoms with E-state index in [0.29, 0.717) is 44.8 Å². The summed E-state index contributed by atoms with van der Waals surface area (Å²) in [4.78, 5) is 12.6. The maximum Gasteiger partial charge on any atom is 0.220 e. The largest absolute Gasteiger partial charge is 0.487 e. The second-order valence-corrected chi connectivity index (χ2v) is 11.3. The van der Waals surface area contributed by atoms with Crippen molar-refractivity contribution >= 4 is 15.9 Å². The van der Waals surface area contributed by atoms with Crippen LogP contribution in [-0.2, 0) is 14.8 Å². The van der Waals surface area contributed by atoms with E-state index in [4.69, 9.17) is 4.74 Å². The Morgan fingerprint density at radius 1 is 1.23 bits per heavy atom. The van der Waals surface area contributed by atoms with Crippen molar-refractivity contribution in [1.82, 2.24) is 9.62 Å². The van der Waals surface area contributed by atoms with Gasteiger partial charge in [0, 0.05) is 44.3 Å². The second kappa shape index (κ2) is 8.87. The zero-order valence-corrected chi connectivity index (χ0v) is 18.8. The molecule has 1 saturated heterocycles. The lowest BCUT2D eigenvalue weighted by molar-refractivity contribution is -0.123. The summed E-state index contributed by atoms with van der Waals surface area (Å²) in [6.07, 6.45) is 7.53. The van der Waals surface area contributed by atoms with Gasteiger partial charge in [0.05, 0.1) is 5.75 Å². The fraction of sp³-hybridized carbons (Fsp3) is 0.696. The molecule has 1 spiro atoms. The molecule has 0 radical (unpaired) electrons. The first-order valence-electron chi connectivity index (χ1n) is 11.5. The van der Waals surface area contributed by atoms with Crippen molar-refractivity contribution in [1.29, 1.82) is 0 Å². The highest BCUT2D eigenvalue weighted by molar-refractivity contribution is 7.89. The number of ether oxygens (including phenoxy) is 1. The minimum absolute atomic E-state index is 0.110. The molecule has 2 heterocycles. The van der Waals surface area contributed by atoms with Gasteiger partial charge in [0.2, 0.25) is 15.9 Å². The van der Waals surface area contributed by atoms with Gasteiger partial charge in [-0.15, -0.1) is 0 Å². The topological polar surface area (TPSA) is 75.7 Å². The Morgan fingerprint density at radius 3 is 2.63 bits per heavy atom. The van der Waals surface area contributed by atoms with Gasteiger partial charge in [0.15, 0.2) is 0 Å². The molecule has 30 heavy (non-hydrogen) atoms. The number of hydrogen-bond acceptors (Lipinski definition) is 4. The quantitative estimate of drug-likeness (QED) is 0.712. The molecule has 166 valence electrons. The van der Waals surface area contributed by atoms with Crippen molar-refractivity contribution < 1.29 is 17.9 Å². The van der Waals surface area contributed by atoms with Crippen LogP contribution in [0.3, 0.4) is 0 Å². The average molecular weight is 435 g/mol. The molecule has 7 heteroatoms. The van der Waals surface area contributed by atoms with Crippen LogP contribution >= 0.6 is 0 Å². The number of rotatable bonds is 7. The number of benzene rings is 1. The lowest BCUT2D eigenvalue weighted by Crippen LogP contribution is -2.52. The molecular formula is C23H34N2O4S. The van der Waals surface area contributed by atoms with Gasteiger partial charge >= 0.3 is 0 Å². The second-order valence-electron chi connectivity index (χ2n) is 9.19. The van der Waals surface area contributed by atoms with Gasteiger partial charge in [-0.2, -0.15) is 0 Å². The number of nitrogens with one attached hydrogen (secondary N) is 1. The summed E-state index contributed by atoms with van der Waals surface area (Å²) in [5, 5.41) is 3.17. The Labute approximate surface area is 180 Å². The molecular weight excluding hydrogens is 400 g/mol. The first kappa shape index (κ1) is 21.6. The molecule has 2 aliphatic heterocycles. The first-order valence-corrected chi connectivity index (χ1v) is 13.1. The molecule has 1 N–H and O–H groups in total. The SMILES string of the molecule is CCCCS(=O)(=O)N1CCC2(CC1)C[C@H](CC(=O)NC1CCC1)c1ccccc1O2. The third kappa shape index (κ3) is 4.67. The molecule has 1 aliphatic carbocycles. The summed E-state index contributed by atoms with van der Waals surface area (Å²) in [6, 6.07) is 8.36. The molecule has 1 aromatic rings. The number of carbonyl (C=O) groups excluding carboxylic acids is 1. The average Bonchev–Trinajstić information content (AvgIpc) is 2.69. The van der Waals surface area contributed by atoms with Crippen molar-refractivity contribution in [2.24, 2.45) is 0 Å². The summed E-state index contributed by atoms with van der Waals surface area (Å²) >= 11 is 0. The molecule has 1 aromatic carbocycles. The predicted molar refractivity (Wildman–Crippen MR) is 117 cm³/mol. The minimum atomic E-state index is -3.19. The van der Waals surface area contributed by atoms with Crippen LogP contribution < -0.4 is 10.1 Å². The highest BCUT2D eigenvalue weighted by atomic mass is 32.2. The van der Waals surface area contributed by atoms with Crippen LogP contribution in [0.4, 0.5) is 0 Å². The summed E-state index contributed by atoms with van der Waals surface area (Å²) in [6.45, 7) is 3.00. The van der Waals surface area contributed by atoms with Crippen LogP contribution in [0.1, 0.15) is 76.2 Å². The van der Waals surface area contributed by atoms with Crippen LogP contribution in [-0.4, -0.2) is 49.1 Å². The van der Waals surface area contributed by atoms with Crippen LogP contribution in [0.15, 0.2) is 24.3 Å². The maximum atomic E-state index is 12.6. The highest BCUT2D eigenvalue weighted by Crippen LogP contribution is 2.46. The lowest BCUT2D eigenvalue weighted by Gasteiger charge is -2.46. The molecule has 0 unspecified atom stereocenters. The smallest absolute Gasteiger partial charge is 0.220 e. The number of piperidine rings is 1. The van der Waals surface area contributed by atoms with E-state index < -0.39 is 10.0 Å². The van der Waals surface area contributed by atoms with Crippen molar-refractivity contribution in [3.05, 3.63) is 29.8 Å². The van der Waals surface area contributed by atoms with Crippen LogP contribution in [0.5, 0.6) is 5.75 Å². The predicted octanol–water partition coefficient (Wildman–Crippen LogP) is 3.58. The fourth-order valence-corrected chi connectivity index (χ4v) is 6.57. The van der Waals surface area contributed by atoms with Crippen LogP contribution in [0, 0.1) is 0 Å². The third-order valence-electron chi connectivity index (χ3n) is 6.99. The molecule has 3 aliphatic rings. The molecule has 2 fully saturated rings. The number of fused-ring (bicyclic) bond motifs is 1. The van der Waals surface area contributed by atoms with E-state index in [-0.39, 0.29) is 23.2 Å². The highest BCUT2D eigenvalue weighted by Gasteiger charge is 2.45. The van der Waals surface area contributed by atoms with E-state index in [0.717, 1.165) is 37.0 Å². The number of unbranched alkanes of at least 4 members (excludes halogenated alkanes) is 1. The van der Waals surface area contributed by atoms with Crippen molar-refractivity contribution in [2.45, 2.75) is 82.3 Å². The fourth-order valence-electron chi connectivity index (χ4n) is 4.92. The molecule has 4 rings (SSSR count). The Hall–Kier alpha value is -1.60. The van der Waals surface area contributed by atoms with E-state index in [1.54, 1.807) is 4.31 Å². The van der Waals surface area contributed by atoms with E-state index in [1.165, 1.54) is 6.42 Å². The Bertz CT molecular complexity index is 858. The number of nitrogens with zero attached hydrogens (tertiary/aromatic N) is 1. The Balaban J connectivity index is 1.45. The van der Waals surface area contributed by atoms with Crippen molar-refractivity contribution in [3.63, 3.8) is 0 Å². The summed E-state index contributed by atoms with van der Waals surface area (Å²) < 4.78 is 33.3. The molecule has 1 atom stereocenters. The van der Waals surface area contributed by atoms with Crippen LogP contribution in [0.2, 0.25) is 0 Å². The minimum Gasteiger partial charge on any atom is -0.487 e. The summed E-state index contributed by atoms with van der Waals surface area (Å²) in [5.41, 5.74) is 0.719. The van der Waals surface area contributed by atoms with E-state index in [1.807, 2.05) is 25.1 Å². The Kier molecular flexibility index (Phi) is 6.39. The molecule has 1 saturated carbocycles. The monoisotopic (exact) mass is 434 g/mol. The number of amides is 1. The van der Waals surface area contributed by atoms with Gasteiger partial charge in [-0.05, 0) is 43.7 Å². The zero-order valence-electron chi connectivity index (χ0n) is 17.9. The number of sulfonamides is 1. The number of para-hydroxylation sites is 1. The van der Waals surface area contributed by atoms with Gasteiger partial charge in [-0.1, -0.05) is 31.5 Å². The molecule has 0 aromatic heterocycles. The molecule has 0 bridgehead atoms. The molecule has 6 nitrogen and oxygen atoms in total. The van der Waals surface area contributed by atoms with Gasteiger partial charge < -0.3 is 10.1 Å². The number of carbonyl (C=O) groups is 1. The van der Waals surface area contributed by atoms with Gasteiger partial charge in [0.25, 0.3) is 0 Å². The van der Waals surface area contributed by atoms with E-state index in [9.17, 15) is 13.2 Å². The van der Waals surface area contributed by atoms with Gasteiger partial charge in [-0.3, -0.25) is 4.79 Å². The lowest BCUT2D eigenvalue weighted by atomic mass is 9.76. The zero-order chi connectivity index (χ0) is 21.2. The van der Waals surface area contributed by atoms with E-state index >= 15 is 0 Å².